The highest BCUT2D eigenvalue weighted by Gasteiger charge is 2.43. The molecule has 2 aromatic heterocycles. The Kier molecular flexibility index (Phi) is 3.29. The first kappa shape index (κ1) is 14.0. The maximum Gasteiger partial charge on any atom is 0.262 e. The van der Waals surface area contributed by atoms with Crippen molar-refractivity contribution in [2.75, 3.05) is 6.54 Å². The van der Waals surface area contributed by atoms with Crippen LogP contribution in [0.1, 0.15) is 32.1 Å². The second-order valence-corrected chi connectivity index (χ2v) is 8.82. The van der Waals surface area contributed by atoms with Crippen LogP contribution >= 0.6 is 22.9 Å². The van der Waals surface area contributed by atoms with Gasteiger partial charge >= 0.3 is 0 Å². The number of imidazole rings is 1. The Morgan fingerprint density at radius 1 is 1.29 bits per heavy atom. The summed E-state index contributed by atoms with van der Waals surface area (Å²) in [6, 6.07) is 0.143. The first-order valence-electron chi connectivity index (χ1n) is 7.22. The van der Waals surface area contributed by atoms with Crippen molar-refractivity contribution in [2.24, 2.45) is 5.92 Å². The van der Waals surface area contributed by atoms with E-state index in [0.29, 0.717) is 17.4 Å². The highest BCUT2D eigenvalue weighted by atomic mass is 35.5. The van der Waals surface area contributed by atoms with Gasteiger partial charge in [0.25, 0.3) is 10.0 Å². The van der Waals surface area contributed by atoms with E-state index in [1.807, 2.05) is 5.38 Å². The Balaban J connectivity index is 1.82. The number of halogens is 1. The minimum atomic E-state index is -3.59. The van der Waals surface area contributed by atoms with Crippen LogP contribution in [0.5, 0.6) is 0 Å². The summed E-state index contributed by atoms with van der Waals surface area (Å²) in [4.78, 5) is 4.78. The van der Waals surface area contributed by atoms with Gasteiger partial charge in [0.2, 0.25) is 0 Å². The molecule has 2 unspecified atom stereocenters. The van der Waals surface area contributed by atoms with Gasteiger partial charge in [-0.1, -0.05) is 18.0 Å². The highest BCUT2D eigenvalue weighted by Crippen LogP contribution is 2.40. The van der Waals surface area contributed by atoms with Crippen molar-refractivity contribution in [2.45, 2.75) is 43.2 Å². The van der Waals surface area contributed by atoms with Crippen molar-refractivity contribution < 1.29 is 8.42 Å². The molecule has 0 bridgehead atoms. The average molecular weight is 346 g/mol. The van der Waals surface area contributed by atoms with E-state index in [9.17, 15) is 8.42 Å². The van der Waals surface area contributed by atoms with Crippen molar-refractivity contribution in [1.29, 1.82) is 0 Å². The molecule has 1 saturated carbocycles. The predicted octanol–water partition coefficient (Wildman–Crippen LogP) is 3.00. The van der Waals surface area contributed by atoms with Crippen LogP contribution in [0.25, 0.3) is 4.96 Å². The first-order valence-corrected chi connectivity index (χ1v) is 9.91. The molecule has 0 radical (unpaired) electrons. The van der Waals surface area contributed by atoms with Crippen molar-refractivity contribution in [3.63, 3.8) is 0 Å². The Bertz CT molecular complexity index is 783. The fourth-order valence-electron chi connectivity index (χ4n) is 3.79. The van der Waals surface area contributed by atoms with Gasteiger partial charge in [0, 0.05) is 24.2 Å². The van der Waals surface area contributed by atoms with Crippen molar-refractivity contribution in [1.82, 2.24) is 13.7 Å². The zero-order valence-corrected chi connectivity index (χ0v) is 13.8. The van der Waals surface area contributed by atoms with Crippen LogP contribution in [0.4, 0.5) is 0 Å². The fraction of sp³-hybridized carbons (Fsp3) is 0.615. The molecular weight excluding hydrogens is 330 g/mol. The second-order valence-electron chi connectivity index (χ2n) is 5.78. The number of hydrogen-bond acceptors (Lipinski definition) is 4. The molecule has 0 amide bonds. The van der Waals surface area contributed by atoms with Crippen molar-refractivity contribution in [3.05, 3.63) is 16.7 Å². The molecule has 0 spiro atoms. The average Bonchev–Trinajstić information content (AvgIpc) is 3.11. The van der Waals surface area contributed by atoms with Gasteiger partial charge in [0.15, 0.2) is 15.1 Å². The summed E-state index contributed by atoms with van der Waals surface area (Å²) < 4.78 is 29.5. The lowest BCUT2D eigenvalue weighted by atomic mass is 9.94. The van der Waals surface area contributed by atoms with Gasteiger partial charge in [-0.15, -0.1) is 11.3 Å². The number of hydrogen-bond donors (Lipinski definition) is 0. The quantitative estimate of drug-likeness (QED) is 0.840. The molecule has 5 nitrogen and oxygen atoms in total. The Morgan fingerprint density at radius 3 is 2.95 bits per heavy atom. The van der Waals surface area contributed by atoms with E-state index >= 15 is 0 Å². The van der Waals surface area contributed by atoms with E-state index in [1.54, 1.807) is 14.9 Å². The maximum atomic E-state index is 13.1. The molecule has 2 atom stereocenters. The highest BCUT2D eigenvalue weighted by molar-refractivity contribution is 7.89. The van der Waals surface area contributed by atoms with Gasteiger partial charge in [0.05, 0.1) is 0 Å². The van der Waals surface area contributed by atoms with E-state index in [0.717, 1.165) is 32.1 Å². The summed E-state index contributed by atoms with van der Waals surface area (Å²) in [6.07, 6.45) is 7.03. The zero-order valence-electron chi connectivity index (χ0n) is 11.4. The molecule has 1 aliphatic carbocycles. The first-order chi connectivity index (χ1) is 10.1. The second kappa shape index (κ2) is 4.94. The minimum absolute atomic E-state index is 0.0852. The summed E-state index contributed by atoms with van der Waals surface area (Å²) in [7, 11) is -3.59. The van der Waals surface area contributed by atoms with Crippen LogP contribution in [0.2, 0.25) is 5.15 Å². The van der Waals surface area contributed by atoms with Crippen LogP contribution in [0, 0.1) is 5.92 Å². The van der Waals surface area contributed by atoms with E-state index in [-0.39, 0.29) is 16.2 Å². The third kappa shape index (κ3) is 2.05. The molecule has 3 heterocycles. The SMILES string of the molecule is O=S(=O)(c1c(Cl)nc2sccn12)N1CCCC2CCCC21. The van der Waals surface area contributed by atoms with Crippen LogP contribution in [-0.4, -0.2) is 34.7 Å². The van der Waals surface area contributed by atoms with Crippen molar-refractivity contribution in [3.8, 4) is 0 Å². The third-order valence-corrected chi connectivity index (χ3v) is 7.76. The van der Waals surface area contributed by atoms with E-state index in [2.05, 4.69) is 4.98 Å². The molecule has 2 fully saturated rings. The van der Waals surface area contributed by atoms with Gasteiger partial charge in [0.1, 0.15) is 0 Å². The third-order valence-electron chi connectivity index (χ3n) is 4.67. The number of nitrogens with zero attached hydrogens (tertiary/aromatic N) is 3. The van der Waals surface area contributed by atoms with Gasteiger partial charge < -0.3 is 0 Å². The molecule has 0 aromatic carbocycles. The van der Waals surface area contributed by atoms with Gasteiger partial charge in [-0.05, 0) is 31.6 Å². The van der Waals surface area contributed by atoms with Crippen LogP contribution in [-0.2, 0) is 10.0 Å². The van der Waals surface area contributed by atoms with Crippen molar-refractivity contribution >= 4 is 37.9 Å². The van der Waals surface area contributed by atoms with Gasteiger partial charge in [-0.25, -0.2) is 13.4 Å². The lowest BCUT2D eigenvalue weighted by Gasteiger charge is -2.36. The van der Waals surface area contributed by atoms with Crippen LogP contribution < -0.4 is 0 Å². The molecule has 21 heavy (non-hydrogen) atoms. The largest absolute Gasteiger partial charge is 0.279 e. The van der Waals surface area contributed by atoms with E-state index < -0.39 is 10.0 Å². The lowest BCUT2D eigenvalue weighted by molar-refractivity contribution is 0.201. The summed E-state index contributed by atoms with van der Waals surface area (Å²) in [5.41, 5.74) is 0. The smallest absolute Gasteiger partial charge is 0.262 e. The maximum absolute atomic E-state index is 13.1. The van der Waals surface area contributed by atoms with E-state index in [4.69, 9.17) is 11.6 Å². The summed E-state index contributed by atoms with van der Waals surface area (Å²) in [5.74, 6) is 0.512. The summed E-state index contributed by atoms with van der Waals surface area (Å²) in [5, 5.41) is 2.04. The van der Waals surface area contributed by atoms with Gasteiger partial charge in [-0.2, -0.15) is 4.31 Å². The summed E-state index contributed by atoms with van der Waals surface area (Å²) >= 11 is 7.51. The number of piperidine rings is 1. The number of fused-ring (bicyclic) bond motifs is 2. The minimum Gasteiger partial charge on any atom is -0.279 e. The molecule has 8 heteroatoms. The molecule has 4 rings (SSSR count). The Morgan fingerprint density at radius 2 is 2.10 bits per heavy atom. The molecule has 114 valence electrons. The standard InChI is InChI=1S/C13H16ClN3O2S2/c14-11-12(16-7-8-20-13(16)15-11)21(18,19)17-6-2-4-9-3-1-5-10(9)17/h7-10H,1-6H2. The topological polar surface area (TPSA) is 54.7 Å². The normalized spacial score (nSPS) is 27.3. The lowest BCUT2D eigenvalue weighted by Crippen LogP contribution is -2.46. The van der Waals surface area contributed by atoms with Gasteiger partial charge in [-0.3, -0.25) is 4.40 Å². The number of thiazole rings is 1. The molecule has 1 saturated heterocycles. The zero-order chi connectivity index (χ0) is 14.6. The monoisotopic (exact) mass is 345 g/mol. The van der Waals surface area contributed by atoms with Crippen LogP contribution in [0.15, 0.2) is 16.6 Å². The number of aromatic nitrogens is 2. The Hall–Kier alpha value is -0.630. The summed E-state index contributed by atoms with van der Waals surface area (Å²) in [6.45, 7) is 0.594. The molecule has 1 aliphatic heterocycles. The Labute approximate surface area is 132 Å². The van der Waals surface area contributed by atoms with Crippen LogP contribution in [0.3, 0.4) is 0 Å². The molecule has 0 N–H and O–H groups in total. The number of rotatable bonds is 2. The molecule has 2 aliphatic rings. The fourth-order valence-corrected chi connectivity index (χ4v) is 6.95. The van der Waals surface area contributed by atoms with E-state index in [1.165, 1.54) is 11.3 Å². The number of sulfonamides is 1. The molecule has 2 aromatic rings. The molecular formula is C13H16ClN3O2S2. The predicted molar refractivity (Wildman–Crippen MR) is 82.3 cm³/mol.